The molecule has 22 heavy (non-hydrogen) atoms. The van der Waals surface area contributed by atoms with Crippen LogP contribution in [0.3, 0.4) is 0 Å². The van der Waals surface area contributed by atoms with Crippen molar-refractivity contribution in [3.05, 3.63) is 33.6 Å². The molecule has 2 rings (SSSR count). The lowest BCUT2D eigenvalue weighted by atomic mass is 9.98. The summed E-state index contributed by atoms with van der Waals surface area (Å²) in [7, 11) is 0. The standard InChI is InChI=1S/C13H13F3N2O3S/c1-12(2,3)11-17-5-8(22-11)10(19)20-6-7-4-9(21-18-7)13(14,15)16/h4-5H,6H2,1-3H3. The van der Waals surface area contributed by atoms with Crippen LogP contribution in [0, 0.1) is 0 Å². The van der Waals surface area contributed by atoms with Gasteiger partial charge in [0.15, 0.2) is 0 Å². The van der Waals surface area contributed by atoms with Gasteiger partial charge in [0.05, 0.1) is 11.2 Å². The quantitative estimate of drug-likeness (QED) is 0.799. The molecule has 0 aromatic carbocycles. The summed E-state index contributed by atoms with van der Waals surface area (Å²) in [6.45, 7) is 5.46. The van der Waals surface area contributed by atoms with Crippen LogP contribution in [0.25, 0.3) is 0 Å². The molecule has 0 aliphatic heterocycles. The highest BCUT2D eigenvalue weighted by Gasteiger charge is 2.36. The van der Waals surface area contributed by atoms with Crippen LogP contribution in [0.1, 0.15) is 46.9 Å². The third kappa shape index (κ3) is 3.85. The number of thiazole rings is 1. The summed E-state index contributed by atoms with van der Waals surface area (Å²) in [6.07, 6.45) is -3.23. The van der Waals surface area contributed by atoms with Crippen molar-refractivity contribution in [2.45, 2.75) is 39.0 Å². The van der Waals surface area contributed by atoms with E-state index < -0.39 is 24.5 Å². The molecule has 120 valence electrons. The number of carbonyl (C=O) groups excluding carboxylic acids is 1. The van der Waals surface area contributed by atoms with E-state index in [0.29, 0.717) is 6.07 Å². The highest BCUT2D eigenvalue weighted by atomic mass is 32.1. The summed E-state index contributed by atoms with van der Waals surface area (Å²) in [6, 6.07) is 0.695. The summed E-state index contributed by atoms with van der Waals surface area (Å²) < 4.78 is 46.0. The van der Waals surface area contributed by atoms with Gasteiger partial charge in [-0.1, -0.05) is 25.9 Å². The summed E-state index contributed by atoms with van der Waals surface area (Å²) in [4.78, 5) is 16.2. The molecule has 2 aromatic heterocycles. The SMILES string of the molecule is CC(C)(C)c1ncc(C(=O)OCc2cc(C(F)(F)F)on2)s1. The van der Waals surface area contributed by atoms with Gasteiger partial charge in [0.1, 0.15) is 17.2 Å². The number of alkyl halides is 3. The van der Waals surface area contributed by atoms with Crippen molar-refractivity contribution in [3.8, 4) is 0 Å². The number of esters is 1. The van der Waals surface area contributed by atoms with Crippen molar-refractivity contribution in [2.24, 2.45) is 0 Å². The summed E-state index contributed by atoms with van der Waals surface area (Å²) in [5.41, 5.74) is -0.307. The Morgan fingerprint density at radius 1 is 1.36 bits per heavy atom. The Bertz CT molecular complexity index is 671. The molecule has 2 heterocycles. The van der Waals surface area contributed by atoms with E-state index in [9.17, 15) is 18.0 Å². The molecule has 2 aromatic rings. The van der Waals surface area contributed by atoms with E-state index in [1.807, 2.05) is 20.8 Å². The average Bonchev–Trinajstić information content (AvgIpc) is 3.03. The lowest BCUT2D eigenvalue weighted by Crippen LogP contribution is -2.09. The van der Waals surface area contributed by atoms with Gasteiger partial charge < -0.3 is 9.26 Å². The Hall–Kier alpha value is -1.90. The second-order valence-corrected chi connectivity index (χ2v) is 6.57. The fourth-order valence-corrected chi connectivity index (χ4v) is 2.31. The number of hydrogen-bond donors (Lipinski definition) is 0. The van der Waals surface area contributed by atoms with Crippen LogP contribution in [0.4, 0.5) is 13.2 Å². The van der Waals surface area contributed by atoms with E-state index in [4.69, 9.17) is 4.74 Å². The molecular formula is C13H13F3N2O3S. The molecule has 9 heteroatoms. The molecule has 0 fully saturated rings. The topological polar surface area (TPSA) is 65.2 Å². The Labute approximate surface area is 128 Å². The molecule has 0 unspecified atom stereocenters. The predicted octanol–water partition coefficient (Wildman–Crippen LogP) is 3.80. The summed E-state index contributed by atoms with van der Waals surface area (Å²) in [5.74, 6) is -1.89. The number of rotatable bonds is 3. The molecule has 0 bridgehead atoms. The van der Waals surface area contributed by atoms with Crippen molar-refractivity contribution in [1.29, 1.82) is 0 Å². The molecule has 0 aliphatic carbocycles. The highest BCUT2D eigenvalue weighted by Crippen LogP contribution is 2.30. The van der Waals surface area contributed by atoms with Crippen LogP contribution in [-0.2, 0) is 22.9 Å². The van der Waals surface area contributed by atoms with Gasteiger partial charge in [-0.05, 0) is 0 Å². The average molecular weight is 334 g/mol. The Morgan fingerprint density at radius 3 is 2.55 bits per heavy atom. The minimum atomic E-state index is -4.62. The molecular weight excluding hydrogens is 321 g/mol. The summed E-state index contributed by atoms with van der Waals surface area (Å²) in [5, 5.41) is 3.97. The molecule has 0 saturated heterocycles. The number of halogens is 3. The minimum absolute atomic E-state index is 0.110. The number of aromatic nitrogens is 2. The largest absolute Gasteiger partial charge is 0.455 e. The van der Waals surface area contributed by atoms with Gasteiger partial charge in [0, 0.05) is 11.5 Å². The van der Waals surface area contributed by atoms with Gasteiger partial charge in [0.2, 0.25) is 5.76 Å². The molecule has 0 radical (unpaired) electrons. The molecule has 0 aliphatic rings. The fourth-order valence-electron chi connectivity index (χ4n) is 1.44. The molecule has 0 amide bonds. The van der Waals surface area contributed by atoms with Crippen LogP contribution in [0.2, 0.25) is 0 Å². The van der Waals surface area contributed by atoms with Crippen LogP contribution in [0.5, 0.6) is 0 Å². The van der Waals surface area contributed by atoms with Crippen molar-refractivity contribution >= 4 is 17.3 Å². The lowest BCUT2D eigenvalue weighted by Gasteiger charge is -2.13. The van der Waals surface area contributed by atoms with E-state index in [0.717, 1.165) is 5.01 Å². The second-order valence-electron chi connectivity index (χ2n) is 5.54. The number of ether oxygens (including phenoxy) is 1. The molecule has 0 spiro atoms. The fraction of sp³-hybridized carbons (Fsp3) is 0.462. The van der Waals surface area contributed by atoms with Crippen molar-refractivity contribution in [3.63, 3.8) is 0 Å². The van der Waals surface area contributed by atoms with Gasteiger partial charge in [-0.15, -0.1) is 11.3 Å². The normalized spacial score (nSPS) is 12.5. The van der Waals surface area contributed by atoms with Crippen LogP contribution >= 0.6 is 11.3 Å². The predicted molar refractivity (Wildman–Crippen MR) is 71.4 cm³/mol. The number of nitrogens with zero attached hydrogens (tertiary/aromatic N) is 2. The van der Waals surface area contributed by atoms with Crippen LogP contribution in [0.15, 0.2) is 16.8 Å². The first kappa shape index (κ1) is 16.5. The maximum Gasteiger partial charge on any atom is 0.452 e. The maximum absolute atomic E-state index is 12.3. The second kappa shape index (κ2) is 5.71. The molecule has 0 atom stereocenters. The molecule has 0 N–H and O–H groups in total. The third-order valence-corrected chi connectivity index (χ3v) is 3.94. The van der Waals surface area contributed by atoms with Crippen LogP contribution < -0.4 is 0 Å². The Morgan fingerprint density at radius 2 is 2.05 bits per heavy atom. The minimum Gasteiger partial charge on any atom is -0.455 e. The first-order valence-electron chi connectivity index (χ1n) is 6.23. The Kier molecular flexibility index (Phi) is 4.28. The van der Waals surface area contributed by atoms with Gasteiger partial charge in [-0.2, -0.15) is 13.2 Å². The maximum atomic E-state index is 12.3. The lowest BCUT2D eigenvalue weighted by molar-refractivity contribution is -0.155. The van der Waals surface area contributed by atoms with Crippen molar-refractivity contribution in [1.82, 2.24) is 10.1 Å². The van der Waals surface area contributed by atoms with E-state index in [-0.39, 0.29) is 16.0 Å². The zero-order chi connectivity index (χ0) is 16.5. The Balaban J connectivity index is 1.98. The van der Waals surface area contributed by atoms with E-state index in [2.05, 4.69) is 14.7 Å². The van der Waals surface area contributed by atoms with E-state index in [1.165, 1.54) is 17.5 Å². The molecule has 5 nitrogen and oxygen atoms in total. The van der Waals surface area contributed by atoms with E-state index >= 15 is 0 Å². The monoisotopic (exact) mass is 334 g/mol. The zero-order valence-corrected chi connectivity index (χ0v) is 12.8. The molecule has 0 saturated carbocycles. The first-order chi connectivity index (χ1) is 10.1. The zero-order valence-electron chi connectivity index (χ0n) is 12.0. The third-order valence-electron chi connectivity index (χ3n) is 2.54. The van der Waals surface area contributed by atoms with Crippen LogP contribution in [-0.4, -0.2) is 16.1 Å². The summed E-state index contributed by atoms with van der Waals surface area (Å²) >= 11 is 1.18. The van der Waals surface area contributed by atoms with Crippen molar-refractivity contribution < 1.29 is 27.2 Å². The van der Waals surface area contributed by atoms with Gasteiger partial charge in [0.25, 0.3) is 0 Å². The van der Waals surface area contributed by atoms with E-state index in [1.54, 1.807) is 0 Å². The highest BCUT2D eigenvalue weighted by molar-refractivity contribution is 7.13. The van der Waals surface area contributed by atoms with Gasteiger partial charge in [-0.25, -0.2) is 9.78 Å². The smallest absolute Gasteiger partial charge is 0.452 e. The number of carbonyl (C=O) groups is 1. The van der Waals surface area contributed by atoms with Crippen molar-refractivity contribution in [2.75, 3.05) is 0 Å². The van der Waals surface area contributed by atoms with Gasteiger partial charge in [-0.3, -0.25) is 0 Å². The number of hydrogen-bond acceptors (Lipinski definition) is 6. The first-order valence-corrected chi connectivity index (χ1v) is 7.05. The van der Waals surface area contributed by atoms with Gasteiger partial charge >= 0.3 is 12.1 Å².